The Balaban J connectivity index is 2.24. The number of halogens is 2. The average Bonchev–Trinajstić information content (AvgIpc) is 2.74. The molecule has 0 aliphatic carbocycles. The van der Waals surface area contributed by atoms with Gasteiger partial charge in [0.2, 0.25) is 0 Å². The Morgan fingerprint density at radius 3 is 2.34 bits per heavy atom. The van der Waals surface area contributed by atoms with Gasteiger partial charge in [-0.25, -0.2) is 0 Å². The molecule has 0 bridgehead atoms. The van der Waals surface area contributed by atoms with E-state index in [9.17, 15) is 9.59 Å². The van der Waals surface area contributed by atoms with E-state index in [0.29, 0.717) is 26.7 Å². The summed E-state index contributed by atoms with van der Waals surface area (Å²) in [7, 11) is 1.71. The van der Waals surface area contributed by atoms with Crippen molar-refractivity contribution in [3.63, 3.8) is 0 Å². The van der Waals surface area contributed by atoms with Gasteiger partial charge in [0.05, 0.1) is 5.52 Å². The molecule has 0 atom stereocenters. The summed E-state index contributed by atoms with van der Waals surface area (Å²) in [4.78, 5) is 25.4. The number of carbonyl (C=O) groups excluding carboxylic acids is 1. The average molecular weight is 424 g/mol. The van der Waals surface area contributed by atoms with Crippen molar-refractivity contribution >= 4 is 45.5 Å². The molecule has 3 aromatic rings. The quantitative estimate of drug-likeness (QED) is 0.365. The fraction of sp³-hybridized carbons (Fsp3) is 0.0833. The summed E-state index contributed by atoms with van der Waals surface area (Å²) in [5.74, 6) is -0.120. The first-order valence-electron chi connectivity index (χ1n) is 8.96. The number of carbonyl (C=O) groups is 1. The third-order valence-corrected chi connectivity index (χ3v) is 5.24. The maximum absolute atomic E-state index is 13.0. The highest BCUT2D eigenvalue weighted by Gasteiger charge is 2.14. The minimum Gasteiger partial charge on any atom is -0.311 e. The molecule has 0 aliphatic rings. The lowest BCUT2D eigenvalue weighted by Crippen LogP contribution is -2.17. The fourth-order valence-corrected chi connectivity index (χ4v) is 3.38. The largest absolute Gasteiger partial charge is 0.311 e. The first-order valence-corrected chi connectivity index (χ1v) is 9.71. The molecule has 3 nitrogen and oxygen atoms in total. The van der Waals surface area contributed by atoms with E-state index in [2.05, 4.69) is 6.58 Å². The smallest absolute Gasteiger partial charge is 0.251 e. The van der Waals surface area contributed by atoms with Crippen molar-refractivity contribution < 1.29 is 4.79 Å². The molecule has 0 amide bonds. The molecule has 0 fully saturated rings. The number of pyridine rings is 1. The van der Waals surface area contributed by atoms with Crippen LogP contribution in [0.4, 0.5) is 0 Å². The molecule has 29 heavy (non-hydrogen) atoms. The van der Waals surface area contributed by atoms with Crippen LogP contribution in [0.5, 0.6) is 0 Å². The number of nitrogens with zero attached hydrogens (tertiary/aromatic N) is 1. The molecular weight excluding hydrogens is 405 g/mol. The van der Waals surface area contributed by atoms with Gasteiger partial charge >= 0.3 is 0 Å². The molecule has 0 radical (unpaired) electrons. The number of ketones is 1. The highest BCUT2D eigenvalue weighted by Crippen LogP contribution is 2.28. The van der Waals surface area contributed by atoms with Gasteiger partial charge in [0.25, 0.3) is 5.56 Å². The second-order valence-electron chi connectivity index (χ2n) is 6.50. The van der Waals surface area contributed by atoms with E-state index in [1.54, 1.807) is 66.2 Å². The molecule has 1 aromatic heterocycles. The molecule has 3 rings (SSSR count). The molecule has 0 aliphatic heterocycles. The summed E-state index contributed by atoms with van der Waals surface area (Å²) in [6.07, 6.45) is 5.15. The lowest BCUT2D eigenvalue weighted by atomic mass is 9.96. The van der Waals surface area contributed by atoms with Crippen LogP contribution in [-0.2, 0) is 7.05 Å². The van der Waals surface area contributed by atoms with E-state index in [1.807, 2.05) is 13.0 Å². The van der Waals surface area contributed by atoms with Crippen LogP contribution in [0.15, 0.2) is 83.2 Å². The summed E-state index contributed by atoms with van der Waals surface area (Å²) >= 11 is 12.1. The van der Waals surface area contributed by atoms with Crippen molar-refractivity contribution in [3.8, 4) is 0 Å². The monoisotopic (exact) mass is 423 g/mol. The van der Waals surface area contributed by atoms with Gasteiger partial charge in [-0.05, 0) is 66.6 Å². The summed E-state index contributed by atoms with van der Waals surface area (Å²) < 4.78 is 1.56. The third kappa shape index (κ3) is 4.26. The molecule has 0 saturated carbocycles. The number of aromatic nitrogens is 1. The van der Waals surface area contributed by atoms with Gasteiger partial charge in [-0.2, -0.15) is 0 Å². The lowest BCUT2D eigenvalue weighted by molar-refractivity contribution is 0.103. The lowest BCUT2D eigenvalue weighted by Gasteiger charge is -2.13. The Hall–Kier alpha value is -2.88. The third-order valence-electron chi connectivity index (χ3n) is 4.73. The maximum Gasteiger partial charge on any atom is 0.251 e. The zero-order valence-corrected chi connectivity index (χ0v) is 17.6. The fourth-order valence-electron chi connectivity index (χ4n) is 3.13. The molecular formula is C24H19Cl2NO2. The highest BCUT2D eigenvalue weighted by atomic mass is 35.5. The molecule has 146 valence electrons. The van der Waals surface area contributed by atoms with Gasteiger partial charge in [0, 0.05) is 39.7 Å². The van der Waals surface area contributed by atoms with E-state index in [-0.39, 0.29) is 11.3 Å². The highest BCUT2D eigenvalue weighted by molar-refractivity contribution is 6.32. The van der Waals surface area contributed by atoms with Crippen molar-refractivity contribution in [1.82, 2.24) is 4.57 Å². The zero-order valence-electron chi connectivity index (χ0n) is 16.1. The summed E-state index contributed by atoms with van der Waals surface area (Å²) in [5, 5.41) is 1.81. The van der Waals surface area contributed by atoms with Crippen LogP contribution >= 0.6 is 23.2 Å². The molecule has 0 spiro atoms. The molecule has 2 aromatic carbocycles. The predicted octanol–water partition coefficient (Wildman–Crippen LogP) is 6.13. The summed E-state index contributed by atoms with van der Waals surface area (Å²) in [6, 6.07) is 13.6. The normalized spacial score (nSPS) is 12.3. The SMILES string of the molecule is C=C/C(Cl)=C\C(=C/C)c1cc(=O)n(C)c2ccc(C(=O)c3ccc(Cl)cc3)cc12. The number of hydrogen-bond donors (Lipinski definition) is 0. The Bertz CT molecular complexity index is 1230. The van der Waals surface area contributed by atoms with Crippen molar-refractivity contribution in [1.29, 1.82) is 0 Å². The second-order valence-corrected chi connectivity index (χ2v) is 7.37. The maximum atomic E-state index is 13.0. The molecule has 0 saturated heterocycles. The van der Waals surface area contributed by atoms with E-state index in [1.165, 1.54) is 6.08 Å². The van der Waals surface area contributed by atoms with Gasteiger partial charge in [-0.15, -0.1) is 0 Å². The van der Waals surface area contributed by atoms with Crippen LogP contribution in [0.25, 0.3) is 16.5 Å². The van der Waals surface area contributed by atoms with Crippen LogP contribution in [0.2, 0.25) is 5.02 Å². The Morgan fingerprint density at radius 1 is 1.07 bits per heavy atom. The standard InChI is InChI=1S/C24H19Cl2NO2/c1-4-15(12-18(25)5-2)20-14-23(28)27(3)22-11-8-17(13-21(20)22)24(29)16-6-9-19(26)10-7-16/h4-14H,2H2,1,3H3/b15-4+,18-12+. The molecule has 0 unspecified atom stereocenters. The van der Waals surface area contributed by atoms with Gasteiger partial charge < -0.3 is 4.57 Å². The van der Waals surface area contributed by atoms with Crippen LogP contribution in [0.1, 0.15) is 28.4 Å². The topological polar surface area (TPSA) is 39.1 Å². The van der Waals surface area contributed by atoms with Gasteiger partial charge in [0.15, 0.2) is 5.78 Å². The van der Waals surface area contributed by atoms with Crippen molar-refractivity contribution in [2.75, 3.05) is 0 Å². The van der Waals surface area contributed by atoms with E-state index >= 15 is 0 Å². The Morgan fingerprint density at radius 2 is 1.72 bits per heavy atom. The second kappa shape index (κ2) is 8.64. The number of benzene rings is 2. The van der Waals surface area contributed by atoms with Crippen molar-refractivity contribution in [2.45, 2.75) is 6.92 Å². The predicted molar refractivity (Wildman–Crippen MR) is 122 cm³/mol. The number of rotatable bonds is 5. The van der Waals surface area contributed by atoms with Gasteiger partial charge in [0.1, 0.15) is 0 Å². The number of hydrogen-bond acceptors (Lipinski definition) is 2. The molecule has 5 heteroatoms. The van der Waals surface area contributed by atoms with Gasteiger partial charge in [-0.1, -0.05) is 41.9 Å². The van der Waals surface area contributed by atoms with Crippen molar-refractivity contribution in [2.24, 2.45) is 7.05 Å². The van der Waals surface area contributed by atoms with E-state index in [4.69, 9.17) is 23.2 Å². The van der Waals surface area contributed by atoms with E-state index < -0.39 is 0 Å². The van der Waals surface area contributed by atoms with Gasteiger partial charge in [-0.3, -0.25) is 9.59 Å². The zero-order chi connectivity index (χ0) is 21.1. The van der Waals surface area contributed by atoms with Crippen LogP contribution < -0.4 is 5.56 Å². The van der Waals surface area contributed by atoms with Crippen LogP contribution in [-0.4, -0.2) is 10.4 Å². The van der Waals surface area contributed by atoms with Crippen molar-refractivity contribution in [3.05, 3.63) is 110 Å². The number of fused-ring (bicyclic) bond motifs is 1. The Kier molecular flexibility index (Phi) is 6.21. The molecule has 1 heterocycles. The first-order chi connectivity index (χ1) is 13.8. The van der Waals surface area contributed by atoms with Crippen LogP contribution in [0, 0.1) is 0 Å². The number of aryl methyl sites for hydroxylation is 1. The Labute approximate surface area is 179 Å². The minimum atomic E-state index is -0.147. The summed E-state index contributed by atoms with van der Waals surface area (Å²) in [5.41, 5.74) is 3.12. The summed E-state index contributed by atoms with van der Waals surface area (Å²) in [6.45, 7) is 5.53. The van der Waals surface area contributed by atoms with Crippen LogP contribution in [0.3, 0.4) is 0 Å². The molecule has 0 N–H and O–H groups in total. The number of allylic oxidation sites excluding steroid dienone is 5. The first kappa shape index (κ1) is 20.8. The van der Waals surface area contributed by atoms with E-state index in [0.717, 1.165) is 16.5 Å². The minimum absolute atomic E-state index is 0.120.